The summed E-state index contributed by atoms with van der Waals surface area (Å²) in [6, 6.07) is 2.87. The molecule has 0 spiro atoms. The van der Waals surface area contributed by atoms with Gasteiger partial charge in [0, 0.05) is 5.56 Å². The Bertz CT molecular complexity index is 698. The van der Waals surface area contributed by atoms with Crippen molar-refractivity contribution in [2.75, 3.05) is 7.11 Å². The molecule has 2 N–H and O–H groups in total. The smallest absolute Gasteiger partial charge is 0.416 e. The normalized spacial score (nSPS) is 11.5. The van der Waals surface area contributed by atoms with Crippen molar-refractivity contribution in [3.63, 3.8) is 0 Å². The van der Waals surface area contributed by atoms with E-state index in [1.165, 1.54) is 7.11 Å². The second-order valence-electron chi connectivity index (χ2n) is 4.01. The number of carbonyl (C=O) groups is 1. The Morgan fingerprint density at radius 1 is 1.38 bits per heavy atom. The van der Waals surface area contributed by atoms with Crippen molar-refractivity contribution in [3.05, 3.63) is 33.9 Å². The Balaban J connectivity index is 2.64. The molecule has 5 nitrogen and oxygen atoms in total. The number of rotatable bonds is 3. The van der Waals surface area contributed by atoms with E-state index in [2.05, 4.69) is 26.1 Å². The minimum Gasteiger partial charge on any atom is -0.495 e. The summed E-state index contributed by atoms with van der Waals surface area (Å²) in [5.74, 6) is -1.13. The summed E-state index contributed by atoms with van der Waals surface area (Å²) in [6.07, 6.45) is -4.55. The highest BCUT2D eigenvalue weighted by atomic mass is 79.9. The van der Waals surface area contributed by atoms with Gasteiger partial charge in [-0.1, -0.05) is 0 Å². The molecule has 1 aromatic carbocycles. The molecule has 0 aliphatic heterocycles. The van der Waals surface area contributed by atoms with Gasteiger partial charge >= 0.3 is 12.1 Å². The minimum atomic E-state index is -4.55. The van der Waals surface area contributed by atoms with Crippen LogP contribution in [0.15, 0.2) is 22.7 Å². The topological polar surface area (TPSA) is 75.2 Å². The lowest BCUT2D eigenvalue weighted by Gasteiger charge is -2.13. The first-order chi connectivity index (χ1) is 9.74. The van der Waals surface area contributed by atoms with Gasteiger partial charge in [-0.15, -0.1) is 0 Å². The third-order valence-electron chi connectivity index (χ3n) is 2.66. The summed E-state index contributed by atoms with van der Waals surface area (Å²) >= 11 is 3.00. The summed E-state index contributed by atoms with van der Waals surface area (Å²) in [4.78, 5) is 10.8. The van der Waals surface area contributed by atoms with Gasteiger partial charge in [0.25, 0.3) is 0 Å². The minimum absolute atomic E-state index is 0.0305. The van der Waals surface area contributed by atoms with E-state index in [0.29, 0.717) is 0 Å². The number of aromatic nitrogens is 2. The number of nitrogens with zero attached hydrogens (tertiary/aromatic N) is 1. The average Bonchev–Trinajstić information content (AvgIpc) is 2.86. The highest BCUT2D eigenvalue weighted by Gasteiger charge is 2.32. The Kier molecular flexibility index (Phi) is 3.95. The molecule has 0 radical (unpaired) electrons. The van der Waals surface area contributed by atoms with Gasteiger partial charge in [0.1, 0.15) is 11.4 Å². The SMILES string of the molecule is COc1c(Br)cc(C(F)(F)F)cc1-c1cc(C(=O)O)[nH]n1. The molecule has 2 aromatic rings. The Labute approximate surface area is 124 Å². The summed E-state index contributed by atoms with van der Waals surface area (Å²) in [5.41, 5.74) is -1.07. The molecule has 0 fully saturated rings. The molecule has 1 heterocycles. The van der Waals surface area contributed by atoms with Crippen LogP contribution < -0.4 is 4.74 Å². The Hall–Kier alpha value is -2.03. The molecule has 21 heavy (non-hydrogen) atoms. The van der Waals surface area contributed by atoms with Crippen LogP contribution in [0.1, 0.15) is 16.1 Å². The zero-order valence-corrected chi connectivity index (χ0v) is 12.0. The molecule has 0 aliphatic rings. The maximum Gasteiger partial charge on any atom is 0.416 e. The van der Waals surface area contributed by atoms with Crippen molar-refractivity contribution in [1.82, 2.24) is 10.2 Å². The van der Waals surface area contributed by atoms with Crippen LogP contribution in [-0.2, 0) is 6.18 Å². The molecule has 0 aliphatic carbocycles. The third kappa shape index (κ3) is 3.02. The summed E-state index contributed by atoms with van der Waals surface area (Å²) in [7, 11) is 1.29. The van der Waals surface area contributed by atoms with Crippen molar-refractivity contribution < 1.29 is 27.8 Å². The van der Waals surface area contributed by atoms with Crippen LogP contribution in [-0.4, -0.2) is 28.4 Å². The van der Waals surface area contributed by atoms with E-state index in [1.807, 2.05) is 0 Å². The van der Waals surface area contributed by atoms with E-state index in [0.717, 1.165) is 18.2 Å². The number of aromatic amines is 1. The zero-order chi connectivity index (χ0) is 15.8. The van der Waals surface area contributed by atoms with Gasteiger partial charge in [-0.05, 0) is 34.1 Å². The third-order valence-corrected chi connectivity index (χ3v) is 3.25. The van der Waals surface area contributed by atoms with Gasteiger partial charge in [0.15, 0.2) is 0 Å². The number of carboxylic acids is 1. The Morgan fingerprint density at radius 3 is 2.52 bits per heavy atom. The van der Waals surface area contributed by atoms with Crippen molar-refractivity contribution in [1.29, 1.82) is 0 Å². The lowest BCUT2D eigenvalue weighted by atomic mass is 10.1. The molecule has 9 heteroatoms. The second kappa shape index (κ2) is 5.40. The van der Waals surface area contributed by atoms with E-state index in [4.69, 9.17) is 9.84 Å². The number of hydrogen-bond donors (Lipinski definition) is 2. The molecular formula is C12H8BrF3N2O3. The number of benzene rings is 1. The van der Waals surface area contributed by atoms with Crippen LogP contribution in [0.25, 0.3) is 11.3 Å². The fourth-order valence-electron chi connectivity index (χ4n) is 1.72. The fourth-order valence-corrected chi connectivity index (χ4v) is 2.35. The summed E-state index contributed by atoms with van der Waals surface area (Å²) < 4.78 is 43.7. The quantitative estimate of drug-likeness (QED) is 0.872. The van der Waals surface area contributed by atoms with Crippen LogP contribution in [0.3, 0.4) is 0 Å². The van der Waals surface area contributed by atoms with Crippen molar-refractivity contribution in [2.24, 2.45) is 0 Å². The number of hydrogen-bond acceptors (Lipinski definition) is 3. The number of methoxy groups -OCH3 is 1. The van der Waals surface area contributed by atoms with Crippen LogP contribution in [0.5, 0.6) is 5.75 Å². The number of H-pyrrole nitrogens is 1. The van der Waals surface area contributed by atoms with E-state index in [-0.39, 0.29) is 27.2 Å². The molecule has 0 bridgehead atoms. The maximum atomic E-state index is 12.8. The van der Waals surface area contributed by atoms with E-state index >= 15 is 0 Å². The van der Waals surface area contributed by atoms with Crippen LogP contribution in [0.4, 0.5) is 13.2 Å². The van der Waals surface area contributed by atoms with Crippen molar-refractivity contribution in [3.8, 4) is 17.0 Å². The molecule has 0 amide bonds. The monoisotopic (exact) mass is 364 g/mol. The lowest BCUT2D eigenvalue weighted by molar-refractivity contribution is -0.137. The van der Waals surface area contributed by atoms with Crippen LogP contribution >= 0.6 is 15.9 Å². The number of alkyl halides is 3. The van der Waals surface area contributed by atoms with Gasteiger partial charge < -0.3 is 9.84 Å². The first kappa shape index (κ1) is 15.4. The van der Waals surface area contributed by atoms with E-state index in [9.17, 15) is 18.0 Å². The van der Waals surface area contributed by atoms with Gasteiger partial charge in [-0.2, -0.15) is 18.3 Å². The molecule has 0 saturated heterocycles. The molecule has 112 valence electrons. The maximum absolute atomic E-state index is 12.8. The van der Waals surface area contributed by atoms with Crippen LogP contribution in [0.2, 0.25) is 0 Å². The number of nitrogens with one attached hydrogen (secondary N) is 1. The number of halogens is 4. The van der Waals surface area contributed by atoms with Gasteiger partial charge in [-0.3, -0.25) is 5.10 Å². The van der Waals surface area contributed by atoms with E-state index in [1.54, 1.807) is 0 Å². The lowest BCUT2D eigenvalue weighted by Crippen LogP contribution is -2.06. The first-order valence-electron chi connectivity index (χ1n) is 5.48. The summed E-state index contributed by atoms with van der Waals surface area (Å²) in [6.45, 7) is 0. The van der Waals surface area contributed by atoms with Crippen molar-refractivity contribution in [2.45, 2.75) is 6.18 Å². The molecule has 2 rings (SSSR count). The molecule has 0 saturated carbocycles. The average molecular weight is 365 g/mol. The predicted molar refractivity (Wildman–Crippen MR) is 70.2 cm³/mol. The number of aromatic carboxylic acids is 1. The molecule has 0 atom stereocenters. The van der Waals surface area contributed by atoms with Crippen molar-refractivity contribution >= 4 is 21.9 Å². The van der Waals surface area contributed by atoms with Gasteiger partial charge in [0.2, 0.25) is 0 Å². The largest absolute Gasteiger partial charge is 0.495 e. The fraction of sp³-hybridized carbons (Fsp3) is 0.167. The standard InChI is InChI=1S/C12H8BrF3N2O3/c1-21-10-6(8-4-9(11(19)20)18-17-8)2-5(3-7(10)13)12(14,15)16/h2-4H,1H3,(H,17,18)(H,19,20). The molecule has 1 aromatic heterocycles. The van der Waals surface area contributed by atoms with E-state index < -0.39 is 17.7 Å². The second-order valence-corrected chi connectivity index (χ2v) is 4.86. The highest BCUT2D eigenvalue weighted by molar-refractivity contribution is 9.10. The highest BCUT2D eigenvalue weighted by Crippen LogP contribution is 2.41. The summed E-state index contributed by atoms with van der Waals surface area (Å²) in [5, 5.41) is 14.8. The van der Waals surface area contributed by atoms with Gasteiger partial charge in [0.05, 0.1) is 22.8 Å². The first-order valence-corrected chi connectivity index (χ1v) is 6.27. The van der Waals surface area contributed by atoms with Gasteiger partial charge in [-0.25, -0.2) is 4.79 Å². The Morgan fingerprint density at radius 2 is 2.05 bits per heavy atom. The molecular weight excluding hydrogens is 357 g/mol. The number of ether oxygens (including phenoxy) is 1. The molecule has 0 unspecified atom stereocenters. The number of carboxylic acid groups (broad SMARTS) is 1. The van der Waals surface area contributed by atoms with Crippen LogP contribution in [0, 0.1) is 0 Å². The predicted octanol–water partition coefficient (Wildman–Crippen LogP) is 3.56. The zero-order valence-electron chi connectivity index (χ0n) is 10.5.